The second-order valence-corrected chi connectivity index (χ2v) is 5.71. The Balaban J connectivity index is 1.99. The average molecular weight is 341 g/mol. The van der Waals surface area contributed by atoms with Gasteiger partial charge in [-0.25, -0.2) is 0 Å². The summed E-state index contributed by atoms with van der Waals surface area (Å²) >= 11 is 3.40. The number of nitrogens with zero attached hydrogens (tertiary/aromatic N) is 1. The molecule has 4 heteroatoms. The predicted octanol–water partition coefficient (Wildman–Crippen LogP) is 4.56. The van der Waals surface area contributed by atoms with Gasteiger partial charge < -0.3 is 5.32 Å². The van der Waals surface area contributed by atoms with Crippen LogP contribution in [-0.4, -0.2) is 10.9 Å². The highest BCUT2D eigenvalue weighted by Crippen LogP contribution is 2.22. The highest BCUT2D eigenvalue weighted by molar-refractivity contribution is 9.10. The minimum Gasteiger partial charge on any atom is -0.320 e. The van der Waals surface area contributed by atoms with Crippen LogP contribution in [-0.2, 0) is 0 Å². The van der Waals surface area contributed by atoms with Gasteiger partial charge >= 0.3 is 0 Å². The van der Waals surface area contributed by atoms with Gasteiger partial charge in [-0.1, -0.05) is 40.2 Å². The number of nitrogens with one attached hydrogen (secondary N) is 1. The molecule has 3 aromatic rings. The monoisotopic (exact) mass is 340 g/mol. The third-order valence-corrected chi connectivity index (χ3v) is 3.82. The standard InChI is InChI=1S/C17H13BrN2O/c1-11-7-8-13(18)10-14(11)17(21)20-15-6-2-4-12-5-3-9-19-16(12)15/h2-10H,1H3,(H,20,21). The van der Waals surface area contributed by atoms with Crippen LogP contribution in [0.15, 0.2) is 59.2 Å². The van der Waals surface area contributed by atoms with E-state index in [9.17, 15) is 4.79 Å². The van der Waals surface area contributed by atoms with E-state index >= 15 is 0 Å². The van der Waals surface area contributed by atoms with E-state index in [2.05, 4.69) is 26.2 Å². The summed E-state index contributed by atoms with van der Waals surface area (Å²) < 4.78 is 0.884. The zero-order chi connectivity index (χ0) is 14.8. The Labute approximate surface area is 131 Å². The molecule has 0 saturated heterocycles. The molecule has 0 atom stereocenters. The van der Waals surface area contributed by atoms with Gasteiger partial charge in [0.15, 0.2) is 0 Å². The molecule has 0 aliphatic carbocycles. The lowest BCUT2D eigenvalue weighted by Gasteiger charge is -2.10. The van der Waals surface area contributed by atoms with Crippen LogP contribution in [0.1, 0.15) is 15.9 Å². The molecule has 0 bridgehead atoms. The maximum Gasteiger partial charge on any atom is 0.256 e. The highest BCUT2D eigenvalue weighted by atomic mass is 79.9. The van der Waals surface area contributed by atoms with Crippen molar-refractivity contribution in [3.8, 4) is 0 Å². The van der Waals surface area contributed by atoms with Crippen molar-refractivity contribution in [3.63, 3.8) is 0 Å². The van der Waals surface area contributed by atoms with Crippen molar-refractivity contribution < 1.29 is 4.79 Å². The summed E-state index contributed by atoms with van der Waals surface area (Å²) in [5.41, 5.74) is 3.10. The van der Waals surface area contributed by atoms with E-state index in [0.717, 1.165) is 26.6 Å². The largest absolute Gasteiger partial charge is 0.320 e. The quantitative estimate of drug-likeness (QED) is 0.743. The number of pyridine rings is 1. The van der Waals surface area contributed by atoms with Crippen LogP contribution in [0.3, 0.4) is 0 Å². The molecular weight excluding hydrogens is 328 g/mol. The van der Waals surface area contributed by atoms with Crippen LogP contribution in [0.4, 0.5) is 5.69 Å². The minimum absolute atomic E-state index is 0.132. The molecule has 104 valence electrons. The number of halogens is 1. The molecule has 0 spiro atoms. The Morgan fingerprint density at radius 2 is 1.95 bits per heavy atom. The molecule has 0 saturated carbocycles. The maximum atomic E-state index is 12.5. The van der Waals surface area contributed by atoms with Crippen molar-refractivity contribution in [1.82, 2.24) is 4.98 Å². The summed E-state index contributed by atoms with van der Waals surface area (Å²) in [5, 5.41) is 3.95. The van der Waals surface area contributed by atoms with Crippen molar-refractivity contribution in [2.45, 2.75) is 6.92 Å². The number of rotatable bonds is 2. The lowest BCUT2D eigenvalue weighted by atomic mass is 10.1. The molecule has 1 N–H and O–H groups in total. The first kappa shape index (κ1) is 13.8. The van der Waals surface area contributed by atoms with Gasteiger partial charge in [0.25, 0.3) is 5.91 Å². The molecule has 1 aromatic heterocycles. The van der Waals surface area contributed by atoms with Crippen molar-refractivity contribution in [2.75, 3.05) is 5.32 Å². The highest BCUT2D eigenvalue weighted by Gasteiger charge is 2.11. The third-order valence-electron chi connectivity index (χ3n) is 3.33. The van der Waals surface area contributed by atoms with Gasteiger partial charge in [0.2, 0.25) is 0 Å². The van der Waals surface area contributed by atoms with Crippen molar-refractivity contribution in [2.24, 2.45) is 0 Å². The Morgan fingerprint density at radius 1 is 1.14 bits per heavy atom. The number of aryl methyl sites for hydroxylation is 1. The number of aromatic nitrogens is 1. The van der Waals surface area contributed by atoms with Gasteiger partial charge in [0.1, 0.15) is 0 Å². The fourth-order valence-electron chi connectivity index (χ4n) is 2.23. The lowest BCUT2D eigenvalue weighted by Crippen LogP contribution is -2.13. The van der Waals surface area contributed by atoms with Crippen LogP contribution in [0.2, 0.25) is 0 Å². The fourth-order valence-corrected chi connectivity index (χ4v) is 2.59. The Morgan fingerprint density at radius 3 is 2.81 bits per heavy atom. The second kappa shape index (κ2) is 5.66. The summed E-state index contributed by atoms with van der Waals surface area (Å²) in [6.45, 7) is 1.92. The molecule has 0 radical (unpaired) electrons. The first-order valence-corrected chi connectivity index (χ1v) is 7.36. The van der Waals surface area contributed by atoms with Gasteiger partial charge in [-0.15, -0.1) is 0 Å². The Kier molecular flexibility index (Phi) is 3.71. The number of hydrogen-bond donors (Lipinski definition) is 1. The lowest BCUT2D eigenvalue weighted by molar-refractivity contribution is 0.102. The van der Waals surface area contributed by atoms with Crippen LogP contribution in [0.25, 0.3) is 10.9 Å². The molecule has 3 nitrogen and oxygen atoms in total. The molecule has 0 fully saturated rings. The van der Waals surface area contributed by atoms with E-state index in [-0.39, 0.29) is 5.91 Å². The van der Waals surface area contributed by atoms with E-state index in [1.807, 2.05) is 55.5 Å². The summed E-state index contributed by atoms with van der Waals surface area (Å²) in [6.07, 6.45) is 1.72. The van der Waals surface area contributed by atoms with E-state index in [0.29, 0.717) is 5.56 Å². The maximum absolute atomic E-state index is 12.5. The molecule has 0 aliphatic rings. The number of para-hydroxylation sites is 1. The van der Waals surface area contributed by atoms with E-state index in [1.54, 1.807) is 6.20 Å². The molecule has 0 unspecified atom stereocenters. The first-order valence-electron chi connectivity index (χ1n) is 6.56. The summed E-state index contributed by atoms with van der Waals surface area (Å²) in [7, 11) is 0. The van der Waals surface area contributed by atoms with Crippen LogP contribution in [0.5, 0.6) is 0 Å². The number of fused-ring (bicyclic) bond motifs is 1. The normalized spacial score (nSPS) is 10.6. The first-order chi connectivity index (χ1) is 10.1. The predicted molar refractivity (Wildman–Crippen MR) is 88.6 cm³/mol. The zero-order valence-electron chi connectivity index (χ0n) is 11.4. The Hall–Kier alpha value is -2.20. The van der Waals surface area contributed by atoms with Crippen LogP contribution >= 0.6 is 15.9 Å². The summed E-state index contributed by atoms with van der Waals surface area (Å²) in [6, 6.07) is 15.3. The SMILES string of the molecule is Cc1ccc(Br)cc1C(=O)Nc1cccc2cccnc12. The van der Waals surface area contributed by atoms with Crippen molar-refractivity contribution in [1.29, 1.82) is 0 Å². The number of carbonyl (C=O) groups excluding carboxylic acids is 1. The van der Waals surface area contributed by atoms with Gasteiger partial charge in [-0.2, -0.15) is 0 Å². The van der Waals surface area contributed by atoms with Gasteiger partial charge in [-0.05, 0) is 36.8 Å². The molecule has 2 aromatic carbocycles. The number of benzene rings is 2. The zero-order valence-corrected chi connectivity index (χ0v) is 13.0. The molecule has 3 rings (SSSR count). The van der Waals surface area contributed by atoms with Gasteiger partial charge in [0.05, 0.1) is 11.2 Å². The molecule has 1 heterocycles. The van der Waals surface area contributed by atoms with Crippen molar-refractivity contribution >= 4 is 38.4 Å². The average Bonchev–Trinajstić information content (AvgIpc) is 2.50. The summed E-state index contributed by atoms with van der Waals surface area (Å²) in [4.78, 5) is 16.8. The van der Waals surface area contributed by atoms with E-state index in [1.165, 1.54) is 0 Å². The Bertz CT molecular complexity index is 825. The van der Waals surface area contributed by atoms with E-state index < -0.39 is 0 Å². The summed E-state index contributed by atoms with van der Waals surface area (Å²) in [5.74, 6) is -0.132. The fraction of sp³-hybridized carbons (Fsp3) is 0.0588. The molecule has 1 amide bonds. The molecular formula is C17H13BrN2O. The number of anilines is 1. The molecule has 21 heavy (non-hydrogen) atoms. The van der Waals surface area contributed by atoms with Crippen LogP contribution in [0, 0.1) is 6.92 Å². The minimum atomic E-state index is -0.132. The van der Waals surface area contributed by atoms with Crippen LogP contribution < -0.4 is 5.32 Å². The van der Waals surface area contributed by atoms with Gasteiger partial charge in [0, 0.05) is 21.6 Å². The second-order valence-electron chi connectivity index (χ2n) is 4.79. The molecule has 0 aliphatic heterocycles. The van der Waals surface area contributed by atoms with E-state index in [4.69, 9.17) is 0 Å². The number of hydrogen-bond acceptors (Lipinski definition) is 2. The third kappa shape index (κ3) is 2.81. The smallest absolute Gasteiger partial charge is 0.256 e. The number of amides is 1. The van der Waals surface area contributed by atoms with Crippen molar-refractivity contribution in [3.05, 3.63) is 70.3 Å². The topological polar surface area (TPSA) is 42.0 Å². The van der Waals surface area contributed by atoms with Gasteiger partial charge in [-0.3, -0.25) is 9.78 Å². The number of carbonyl (C=O) groups is 1.